The van der Waals surface area contributed by atoms with Crippen LogP contribution < -0.4 is 14.5 Å². The lowest BCUT2D eigenvalue weighted by atomic mass is 10.1. The molecule has 184 valence electrons. The lowest BCUT2D eigenvalue weighted by Crippen LogP contribution is -2.52. The van der Waals surface area contributed by atoms with Gasteiger partial charge in [0.1, 0.15) is 0 Å². The van der Waals surface area contributed by atoms with Crippen molar-refractivity contribution in [3.63, 3.8) is 0 Å². The second kappa shape index (κ2) is 9.62. The number of carboxylic acid groups (broad SMARTS) is 1. The summed E-state index contributed by atoms with van der Waals surface area (Å²) >= 11 is 0. The van der Waals surface area contributed by atoms with Gasteiger partial charge in [-0.15, -0.1) is 0 Å². The molecular formula is C27H31N3O4S. The highest BCUT2D eigenvalue weighted by Crippen LogP contribution is 2.33. The van der Waals surface area contributed by atoms with Gasteiger partial charge in [0, 0.05) is 31.4 Å². The summed E-state index contributed by atoms with van der Waals surface area (Å²) in [5, 5.41) is 9.53. The SMILES string of the molecule is Cc1cccc(N2CCN(c3ccc(C(=O)O)cc3NS(=O)(=O)c3cc(C)cc(C)c3)C[C@@H]2C)c1. The molecule has 1 atom stereocenters. The minimum absolute atomic E-state index is 0.0262. The summed E-state index contributed by atoms with van der Waals surface area (Å²) in [7, 11) is -3.91. The van der Waals surface area contributed by atoms with Crippen molar-refractivity contribution in [1.82, 2.24) is 0 Å². The lowest BCUT2D eigenvalue weighted by molar-refractivity contribution is 0.0697. The molecule has 1 fully saturated rings. The van der Waals surface area contributed by atoms with Crippen LogP contribution in [0.1, 0.15) is 34.0 Å². The molecule has 2 N–H and O–H groups in total. The fraction of sp³-hybridized carbons (Fsp3) is 0.296. The largest absolute Gasteiger partial charge is 0.478 e. The van der Waals surface area contributed by atoms with Gasteiger partial charge in [0.15, 0.2) is 0 Å². The van der Waals surface area contributed by atoms with Gasteiger partial charge in [-0.25, -0.2) is 13.2 Å². The van der Waals surface area contributed by atoms with E-state index in [-0.39, 0.29) is 22.2 Å². The first-order valence-electron chi connectivity index (χ1n) is 11.6. The highest BCUT2D eigenvalue weighted by Gasteiger charge is 2.27. The minimum atomic E-state index is -3.91. The number of anilines is 3. The summed E-state index contributed by atoms with van der Waals surface area (Å²) in [6.07, 6.45) is 0. The molecule has 4 rings (SSSR count). The predicted molar refractivity (Wildman–Crippen MR) is 140 cm³/mol. The van der Waals surface area contributed by atoms with Gasteiger partial charge < -0.3 is 14.9 Å². The van der Waals surface area contributed by atoms with Crippen LogP contribution >= 0.6 is 0 Å². The van der Waals surface area contributed by atoms with Crippen LogP contribution in [-0.2, 0) is 10.0 Å². The number of hydrogen-bond acceptors (Lipinski definition) is 5. The van der Waals surface area contributed by atoms with Crippen LogP contribution in [0.4, 0.5) is 17.1 Å². The number of sulfonamides is 1. The number of benzene rings is 3. The van der Waals surface area contributed by atoms with Gasteiger partial charge in [-0.3, -0.25) is 4.72 Å². The molecule has 0 aromatic heterocycles. The normalized spacial score (nSPS) is 16.3. The van der Waals surface area contributed by atoms with Crippen molar-refractivity contribution < 1.29 is 18.3 Å². The van der Waals surface area contributed by atoms with Crippen molar-refractivity contribution in [2.45, 2.75) is 38.6 Å². The Labute approximate surface area is 207 Å². The van der Waals surface area contributed by atoms with E-state index in [1.165, 1.54) is 17.7 Å². The molecule has 0 aliphatic carbocycles. The van der Waals surface area contributed by atoms with Gasteiger partial charge in [0.05, 0.1) is 21.8 Å². The third kappa shape index (κ3) is 5.43. The van der Waals surface area contributed by atoms with Crippen LogP contribution in [0, 0.1) is 20.8 Å². The molecule has 35 heavy (non-hydrogen) atoms. The van der Waals surface area contributed by atoms with Crippen LogP contribution in [0.25, 0.3) is 0 Å². The summed E-state index contributed by atoms with van der Waals surface area (Å²) in [5.74, 6) is -1.11. The first-order chi connectivity index (χ1) is 16.5. The quantitative estimate of drug-likeness (QED) is 0.511. The average Bonchev–Trinajstić information content (AvgIpc) is 2.78. The molecule has 0 unspecified atom stereocenters. The van der Waals surface area contributed by atoms with Crippen molar-refractivity contribution in [3.05, 3.63) is 82.9 Å². The van der Waals surface area contributed by atoms with Gasteiger partial charge in [0.25, 0.3) is 10.0 Å². The molecule has 0 saturated carbocycles. The lowest BCUT2D eigenvalue weighted by Gasteiger charge is -2.43. The van der Waals surface area contributed by atoms with E-state index in [0.717, 1.165) is 23.4 Å². The number of carbonyl (C=O) groups is 1. The van der Waals surface area contributed by atoms with Gasteiger partial charge in [-0.1, -0.05) is 18.2 Å². The summed E-state index contributed by atoms with van der Waals surface area (Å²) in [6.45, 7) is 9.99. The van der Waals surface area contributed by atoms with E-state index in [9.17, 15) is 18.3 Å². The van der Waals surface area contributed by atoms with Crippen molar-refractivity contribution in [1.29, 1.82) is 0 Å². The standard InChI is InChI=1S/C27H31N3O4S/c1-18-6-5-7-23(13-18)30-11-10-29(17-21(30)4)26-9-8-22(27(31)32)16-25(26)28-35(33,34)24-14-19(2)12-20(3)15-24/h5-9,12-16,21,28H,10-11,17H2,1-4H3,(H,31,32)/t21-/m0/s1. The number of carboxylic acids is 1. The topological polar surface area (TPSA) is 89.9 Å². The van der Waals surface area contributed by atoms with Gasteiger partial charge in [-0.05, 0) is 86.8 Å². The molecule has 0 bridgehead atoms. The maximum atomic E-state index is 13.3. The van der Waals surface area contributed by atoms with Crippen molar-refractivity contribution in [2.75, 3.05) is 34.2 Å². The molecule has 8 heteroatoms. The average molecular weight is 494 g/mol. The summed E-state index contributed by atoms with van der Waals surface area (Å²) < 4.78 is 29.2. The molecule has 1 aliphatic rings. The third-order valence-electron chi connectivity index (χ3n) is 6.29. The Morgan fingerprint density at radius 1 is 0.943 bits per heavy atom. The van der Waals surface area contributed by atoms with Gasteiger partial charge >= 0.3 is 5.97 Å². The van der Waals surface area contributed by atoms with Gasteiger partial charge in [-0.2, -0.15) is 0 Å². The van der Waals surface area contributed by atoms with E-state index < -0.39 is 16.0 Å². The molecule has 0 radical (unpaired) electrons. The van der Waals surface area contributed by atoms with Crippen molar-refractivity contribution in [2.24, 2.45) is 0 Å². The van der Waals surface area contributed by atoms with Crippen LogP contribution in [0.3, 0.4) is 0 Å². The highest BCUT2D eigenvalue weighted by atomic mass is 32.2. The fourth-order valence-electron chi connectivity index (χ4n) is 4.68. The van der Waals surface area contributed by atoms with E-state index in [1.54, 1.807) is 18.2 Å². The summed E-state index contributed by atoms with van der Waals surface area (Å²) in [6, 6.07) is 18.3. The van der Waals surface area contributed by atoms with E-state index >= 15 is 0 Å². The monoisotopic (exact) mass is 493 g/mol. The van der Waals surface area contributed by atoms with Crippen LogP contribution in [-0.4, -0.2) is 45.2 Å². The second-order valence-electron chi connectivity index (χ2n) is 9.29. The molecule has 0 spiro atoms. The Morgan fingerprint density at radius 3 is 2.29 bits per heavy atom. The van der Waals surface area contributed by atoms with E-state index in [0.29, 0.717) is 18.8 Å². The van der Waals surface area contributed by atoms with E-state index in [4.69, 9.17) is 0 Å². The zero-order valence-electron chi connectivity index (χ0n) is 20.4. The second-order valence-corrected chi connectivity index (χ2v) is 11.0. The molecule has 0 amide bonds. The minimum Gasteiger partial charge on any atom is -0.478 e. The number of aryl methyl sites for hydroxylation is 3. The predicted octanol–water partition coefficient (Wildman–Crippen LogP) is 4.83. The Balaban J connectivity index is 1.65. The van der Waals surface area contributed by atoms with Crippen molar-refractivity contribution in [3.8, 4) is 0 Å². The molecule has 3 aromatic rings. The zero-order valence-corrected chi connectivity index (χ0v) is 21.3. The van der Waals surface area contributed by atoms with Crippen LogP contribution in [0.2, 0.25) is 0 Å². The maximum absolute atomic E-state index is 13.3. The number of nitrogens with one attached hydrogen (secondary N) is 1. The molecule has 1 heterocycles. The smallest absolute Gasteiger partial charge is 0.335 e. The maximum Gasteiger partial charge on any atom is 0.335 e. The van der Waals surface area contributed by atoms with Crippen molar-refractivity contribution >= 4 is 33.1 Å². The molecule has 1 aliphatic heterocycles. The fourth-order valence-corrected chi connectivity index (χ4v) is 5.94. The first-order valence-corrected chi connectivity index (χ1v) is 13.1. The van der Waals surface area contributed by atoms with E-state index in [2.05, 4.69) is 46.6 Å². The zero-order chi connectivity index (χ0) is 25.3. The van der Waals surface area contributed by atoms with Gasteiger partial charge in [0.2, 0.25) is 0 Å². The van der Waals surface area contributed by atoms with Crippen LogP contribution in [0.5, 0.6) is 0 Å². The number of nitrogens with zero attached hydrogens (tertiary/aromatic N) is 2. The van der Waals surface area contributed by atoms with Crippen LogP contribution in [0.15, 0.2) is 65.6 Å². The Kier molecular flexibility index (Phi) is 6.76. The number of piperazine rings is 1. The van der Waals surface area contributed by atoms with E-state index in [1.807, 2.05) is 26.0 Å². The summed E-state index contributed by atoms with van der Waals surface area (Å²) in [4.78, 5) is 16.3. The first kappa shape index (κ1) is 24.6. The number of hydrogen-bond donors (Lipinski definition) is 2. The Bertz CT molecular complexity index is 1350. The molecule has 7 nitrogen and oxygen atoms in total. The third-order valence-corrected chi connectivity index (χ3v) is 7.64. The molecule has 3 aromatic carbocycles. The molecule has 1 saturated heterocycles. The highest BCUT2D eigenvalue weighted by molar-refractivity contribution is 7.92. The Hall–Kier alpha value is -3.52. The summed E-state index contributed by atoms with van der Waals surface area (Å²) in [5.41, 5.74) is 4.99. The number of rotatable bonds is 6. The number of aromatic carboxylic acids is 1. The Morgan fingerprint density at radius 2 is 1.66 bits per heavy atom. The molecular weight excluding hydrogens is 462 g/mol.